The number of unbranched alkanes of at least 4 members (excludes halogenated alkanes) is 23. The molecule has 0 fully saturated rings. The van der Waals surface area contributed by atoms with Crippen LogP contribution in [-0.2, 0) is 0 Å². The molecule has 1 heterocycles. The van der Waals surface area contributed by atoms with E-state index in [2.05, 4.69) is 43.0 Å². The Morgan fingerprint density at radius 2 is 0.622 bits per heavy atom. The molecule has 0 aromatic rings. The summed E-state index contributed by atoms with van der Waals surface area (Å²) < 4.78 is 0. The van der Waals surface area contributed by atoms with Crippen molar-refractivity contribution >= 4 is 0 Å². The Morgan fingerprint density at radius 3 is 0.973 bits per heavy atom. The van der Waals surface area contributed by atoms with E-state index in [9.17, 15) is 0 Å². The quantitative estimate of drug-likeness (QED) is 0.0908. The summed E-state index contributed by atoms with van der Waals surface area (Å²) in [6, 6.07) is 0. The molecular weight excluding hydrogens is 448 g/mol. The molecule has 0 saturated carbocycles. The zero-order valence-electron chi connectivity index (χ0n) is 26.1. The fourth-order valence-corrected chi connectivity index (χ4v) is 6.01. The molecule has 0 aromatic heterocycles. The van der Waals surface area contributed by atoms with E-state index in [0.29, 0.717) is 6.17 Å². The highest BCUT2D eigenvalue weighted by atomic mass is 15.4. The van der Waals surface area contributed by atoms with E-state index in [4.69, 9.17) is 0 Å². The molecule has 0 aliphatic carbocycles. The Balaban J connectivity index is 2.07. The van der Waals surface area contributed by atoms with Gasteiger partial charge < -0.3 is 9.80 Å². The number of rotatable bonds is 29. The Morgan fingerprint density at radius 1 is 0.351 bits per heavy atom. The largest absolute Gasteiger partial charge is 0.356 e. The predicted molar refractivity (Wildman–Crippen MR) is 168 cm³/mol. The van der Waals surface area contributed by atoms with Gasteiger partial charge in [-0.1, -0.05) is 168 Å². The lowest BCUT2D eigenvalue weighted by Crippen LogP contribution is -2.39. The molecule has 1 aliphatic heterocycles. The molecule has 2 nitrogen and oxygen atoms in total. The predicted octanol–water partition coefficient (Wildman–Crippen LogP) is 12.0. The van der Waals surface area contributed by atoms with E-state index in [1.165, 1.54) is 186 Å². The van der Waals surface area contributed by atoms with Crippen LogP contribution in [-0.4, -0.2) is 29.1 Å². The number of hydrogen-bond donors (Lipinski definition) is 0. The first-order valence-corrected chi connectivity index (χ1v) is 17.5. The molecule has 0 saturated heterocycles. The van der Waals surface area contributed by atoms with Crippen LogP contribution in [0.3, 0.4) is 0 Å². The summed E-state index contributed by atoms with van der Waals surface area (Å²) in [5.74, 6) is 0. The van der Waals surface area contributed by atoms with Crippen molar-refractivity contribution in [2.75, 3.05) is 13.1 Å². The van der Waals surface area contributed by atoms with E-state index in [-0.39, 0.29) is 0 Å². The SMILES string of the molecule is CCCCCCCCCCCCCCCCCCN1C=CN(CCCCCC)C1CCCCCCCC. The van der Waals surface area contributed by atoms with E-state index >= 15 is 0 Å². The standard InChI is InChI=1S/C35H70N2/c1-4-7-10-13-15-16-17-18-19-20-21-22-23-24-26-29-32-37-34-33-36(31-28-12-9-6-3)35(37)30-27-25-14-11-8-5-2/h33-35H,4-32H2,1-3H3. The molecule has 2 heteroatoms. The second-order valence-corrected chi connectivity index (χ2v) is 12.2. The van der Waals surface area contributed by atoms with Crippen LogP contribution < -0.4 is 0 Å². The molecule has 0 spiro atoms. The van der Waals surface area contributed by atoms with Crippen molar-refractivity contribution in [2.24, 2.45) is 0 Å². The van der Waals surface area contributed by atoms with Crippen molar-refractivity contribution in [3.05, 3.63) is 12.4 Å². The monoisotopic (exact) mass is 519 g/mol. The van der Waals surface area contributed by atoms with Crippen molar-refractivity contribution in [3.63, 3.8) is 0 Å². The molecule has 0 aromatic carbocycles. The van der Waals surface area contributed by atoms with Crippen LogP contribution in [0.25, 0.3) is 0 Å². The third-order valence-electron chi connectivity index (χ3n) is 8.57. The molecule has 0 N–H and O–H groups in total. The highest BCUT2D eigenvalue weighted by molar-refractivity contribution is 4.97. The molecule has 0 radical (unpaired) electrons. The van der Waals surface area contributed by atoms with Gasteiger partial charge in [-0.3, -0.25) is 0 Å². The fraction of sp³-hybridized carbons (Fsp3) is 0.943. The van der Waals surface area contributed by atoms with Crippen LogP contribution in [0.15, 0.2) is 12.4 Å². The summed E-state index contributed by atoms with van der Waals surface area (Å²) in [6.07, 6.45) is 44.0. The van der Waals surface area contributed by atoms with Crippen molar-refractivity contribution in [1.82, 2.24) is 9.80 Å². The second kappa shape index (κ2) is 26.9. The molecule has 220 valence electrons. The van der Waals surface area contributed by atoms with Crippen molar-refractivity contribution < 1.29 is 0 Å². The molecule has 37 heavy (non-hydrogen) atoms. The first-order chi connectivity index (χ1) is 18.3. The van der Waals surface area contributed by atoms with Crippen LogP contribution in [0.1, 0.15) is 194 Å². The number of hydrogen-bond acceptors (Lipinski definition) is 2. The Labute approximate surface area is 235 Å². The van der Waals surface area contributed by atoms with E-state index in [0.717, 1.165) is 0 Å². The third-order valence-corrected chi connectivity index (χ3v) is 8.57. The lowest BCUT2D eigenvalue weighted by molar-refractivity contribution is 0.135. The smallest absolute Gasteiger partial charge is 0.101 e. The summed E-state index contributed by atoms with van der Waals surface area (Å²) in [4.78, 5) is 5.36. The Hall–Kier alpha value is -0.660. The highest BCUT2D eigenvalue weighted by Gasteiger charge is 2.24. The van der Waals surface area contributed by atoms with Gasteiger partial charge in [0.15, 0.2) is 0 Å². The average molecular weight is 519 g/mol. The molecule has 1 unspecified atom stereocenters. The molecule has 0 amide bonds. The van der Waals surface area contributed by atoms with Gasteiger partial charge >= 0.3 is 0 Å². The lowest BCUT2D eigenvalue weighted by atomic mass is 10.0. The Bertz CT molecular complexity index is 474. The van der Waals surface area contributed by atoms with Crippen molar-refractivity contribution in [1.29, 1.82) is 0 Å². The van der Waals surface area contributed by atoms with Gasteiger partial charge in [-0.25, -0.2) is 0 Å². The summed E-state index contributed by atoms with van der Waals surface area (Å²) in [7, 11) is 0. The molecule has 0 bridgehead atoms. The minimum Gasteiger partial charge on any atom is -0.356 e. The minimum absolute atomic E-state index is 0.643. The topological polar surface area (TPSA) is 6.48 Å². The van der Waals surface area contributed by atoms with Crippen LogP contribution in [0.5, 0.6) is 0 Å². The summed E-state index contributed by atoms with van der Waals surface area (Å²) >= 11 is 0. The van der Waals surface area contributed by atoms with Gasteiger partial charge in [0.1, 0.15) is 6.17 Å². The maximum atomic E-state index is 2.69. The summed E-state index contributed by atoms with van der Waals surface area (Å²) in [5, 5.41) is 0. The van der Waals surface area contributed by atoms with Gasteiger partial charge in [0.05, 0.1) is 0 Å². The first-order valence-electron chi connectivity index (χ1n) is 17.5. The molecule has 1 aliphatic rings. The van der Waals surface area contributed by atoms with Crippen molar-refractivity contribution in [3.8, 4) is 0 Å². The van der Waals surface area contributed by atoms with Crippen LogP contribution in [0.2, 0.25) is 0 Å². The first kappa shape index (κ1) is 34.4. The maximum Gasteiger partial charge on any atom is 0.101 e. The van der Waals surface area contributed by atoms with Crippen LogP contribution in [0, 0.1) is 0 Å². The minimum atomic E-state index is 0.643. The van der Waals surface area contributed by atoms with Crippen LogP contribution >= 0.6 is 0 Å². The average Bonchev–Trinajstić information content (AvgIpc) is 3.29. The normalized spacial score (nSPS) is 15.4. The summed E-state index contributed by atoms with van der Waals surface area (Å²) in [6.45, 7) is 9.46. The fourth-order valence-electron chi connectivity index (χ4n) is 6.01. The highest BCUT2D eigenvalue weighted by Crippen LogP contribution is 2.24. The molecular formula is C35H70N2. The van der Waals surface area contributed by atoms with Gasteiger partial charge in [0.25, 0.3) is 0 Å². The third kappa shape index (κ3) is 20.0. The Kier molecular flexibility index (Phi) is 25.0. The lowest BCUT2D eigenvalue weighted by Gasteiger charge is -2.33. The molecule has 1 rings (SSSR count). The maximum absolute atomic E-state index is 2.69. The molecule has 1 atom stereocenters. The zero-order chi connectivity index (χ0) is 26.7. The van der Waals surface area contributed by atoms with Gasteiger partial charge in [0.2, 0.25) is 0 Å². The zero-order valence-corrected chi connectivity index (χ0v) is 26.1. The van der Waals surface area contributed by atoms with Gasteiger partial charge in [0, 0.05) is 25.5 Å². The van der Waals surface area contributed by atoms with E-state index < -0.39 is 0 Å². The van der Waals surface area contributed by atoms with Gasteiger partial charge in [-0.05, 0) is 25.7 Å². The van der Waals surface area contributed by atoms with Crippen molar-refractivity contribution in [2.45, 2.75) is 200 Å². The number of nitrogens with zero attached hydrogens (tertiary/aromatic N) is 2. The van der Waals surface area contributed by atoms with Gasteiger partial charge in [-0.2, -0.15) is 0 Å². The van der Waals surface area contributed by atoms with E-state index in [1.807, 2.05) is 0 Å². The van der Waals surface area contributed by atoms with Crippen LogP contribution in [0.4, 0.5) is 0 Å². The summed E-state index contributed by atoms with van der Waals surface area (Å²) in [5.41, 5.74) is 0. The van der Waals surface area contributed by atoms with E-state index in [1.54, 1.807) is 0 Å². The second-order valence-electron chi connectivity index (χ2n) is 12.2. The van der Waals surface area contributed by atoms with Gasteiger partial charge in [-0.15, -0.1) is 0 Å².